The number of ether oxygens (including phenoxy) is 2. The van der Waals surface area contributed by atoms with Crippen molar-refractivity contribution in [2.75, 3.05) is 14.2 Å². The fraction of sp³-hybridized carbons (Fsp3) is 0.214. The van der Waals surface area contributed by atoms with Gasteiger partial charge < -0.3 is 14.8 Å². The van der Waals surface area contributed by atoms with Crippen molar-refractivity contribution in [3.8, 4) is 17.4 Å². The third-order valence-corrected chi connectivity index (χ3v) is 2.42. The van der Waals surface area contributed by atoms with Crippen molar-refractivity contribution in [2.45, 2.75) is 6.54 Å². The van der Waals surface area contributed by atoms with Gasteiger partial charge in [-0.15, -0.1) is 0 Å². The van der Waals surface area contributed by atoms with Gasteiger partial charge in [-0.2, -0.15) is 0 Å². The molecule has 1 heterocycles. The highest BCUT2D eigenvalue weighted by atomic mass is 16.5. The quantitative estimate of drug-likeness (QED) is 0.878. The van der Waals surface area contributed by atoms with E-state index in [0.717, 1.165) is 23.7 Å². The topological polar surface area (TPSA) is 43.4 Å². The number of hydrogen-bond acceptors (Lipinski definition) is 4. The van der Waals surface area contributed by atoms with Crippen molar-refractivity contribution in [3.63, 3.8) is 0 Å². The van der Waals surface area contributed by atoms with E-state index in [1.165, 1.54) is 0 Å². The molecular formula is C14H16N2O2. The van der Waals surface area contributed by atoms with E-state index in [0.29, 0.717) is 5.88 Å². The Kier molecular flexibility index (Phi) is 4.15. The predicted molar refractivity (Wildman–Crippen MR) is 70.1 cm³/mol. The van der Waals surface area contributed by atoms with E-state index in [1.54, 1.807) is 7.11 Å². The molecule has 4 heteroatoms. The van der Waals surface area contributed by atoms with E-state index in [2.05, 4.69) is 10.3 Å². The molecule has 0 bridgehead atoms. The molecule has 2 aromatic rings. The number of benzene rings is 1. The van der Waals surface area contributed by atoms with Gasteiger partial charge in [0.05, 0.1) is 12.8 Å². The maximum Gasteiger partial charge on any atom is 0.219 e. The lowest BCUT2D eigenvalue weighted by atomic mass is 10.3. The Labute approximate surface area is 107 Å². The second-order valence-electron chi connectivity index (χ2n) is 3.78. The normalized spacial score (nSPS) is 10.1. The van der Waals surface area contributed by atoms with Gasteiger partial charge in [-0.05, 0) is 37.4 Å². The Morgan fingerprint density at radius 2 is 1.78 bits per heavy atom. The summed E-state index contributed by atoms with van der Waals surface area (Å²) < 4.78 is 10.8. The molecule has 0 amide bonds. The van der Waals surface area contributed by atoms with Crippen LogP contribution in [0.1, 0.15) is 5.69 Å². The molecule has 1 aromatic carbocycles. The fourth-order valence-electron chi connectivity index (χ4n) is 1.56. The van der Waals surface area contributed by atoms with Crippen LogP contribution in [-0.4, -0.2) is 19.1 Å². The minimum Gasteiger partial charge on any atom is -0.497 e. The van der Waals surface area contributed by atoms with Gasteiger partial charge in [0.25, 0.3) is 0 Å². The summed E-state index contributed by atoms with van der Waals surface area (Å²) >= 11 is 0. The van der Waals surface area contributed by atoms with E-state index < -0.39 is 0 Å². The second-order valence-corrected chi connectivity index (χ2v) is 3.78. The molecule has 18 heavy (non-hydrogen) atoms. The fourth-order valence-corrected chi connectivity index (χ4v) is 1.56. The summed E-state index contributed by atoms with van der Waals surface area (Å²) in [5, 5.41) is 3.06. The first kappa shape index (κ1) is 12.4. The van der Waals surface area contributed by atoms with Crippen LogP contribution in [0.25, 0.3) is 0 Å². The summed E-state index contributed by atoms with van der Waals surface area (Å²) in [6.45, 7) is 0.722. The molecule has 1 aromatic heterocycles. The zero-order chi connectivity index (χ0) is 12.8. The molecule has 0 fully saturated rings. The molecular weight excluding hydrogens is 228 g/mol. The third kappa shape index (κ3) is 3.21. The number of nitrogens with zero attached hydrogens (tertiary/aromatic N) is 1. The van der Waals surface area contributed by atoms with Crippen LogP contribution in [0.3, 0.4) is 0 Å². The number of methoxy groups -OCH3 is 1. The smallest absolute Gasteiger partial charge is 0.219 e. The van der Waals surface area contributed by atoms with Gasteiger partial charge in [0.1, 0.15) is 11.5 Å². The molecule has 0 aliphatic carbocycles. The molecule has 0 saturated carbocycles. The van der Waals surface area contributed by atoms with Crippen LogP contribution in [0.2, 0.25) is 0 Å². The minimum atomic E-state index is 0.591. The van der Waals surface area contributed by atoms with Crippen LogP contribution < -0.4 is 14.8 Å². The molecule has 0 saturated heterocycles. The van der Waals surface area contributed by atoms with Crippen LogP contribution in [0.15, 0.2) is 42.5 Å². The van der Waals surface area contributed by atoms with Crippen LogP contribution in [-0.2, 0) is 6.54 Å². The summed E-state index contributed by atoms with van der Waals surface area (Å²) in [6.07, 6.45) is 0. The molecule has 0 unspecified atom stereocenters. The summed E-state index contributed by atoms with van der Waals surface area (Å²) in [5.41, 5.74) is 0.948. The first-order valence-corrected chi connectivity index (χ1v) is 5.74. The van der Waals surface area contributed by atoms with E-state index in [9.17, 15) is 0 Å². The number of aromatic nitrogens is 1. The first-order valence-electron chi connectivity index (χ1n) is 5.74. The zero-order valence-corrected chi connectivity index (χ0v) is 10.5. The van der Waals surface area contributed by atoms with Gasteiger partial charge in [-0.3, -0.25) is 0 Å². The highest BCUT2D eigenvalue weighted by Gasteiger charge is 2.00. The summed E-state index contributed by atoms with van der Waals surface area (Å²) in [5.74, 6) is 2.14. The van der Waals surface area contributed by atoms with Crippen LogP contribution in [0, 0.1) is 0 Å². The molecule has 0 radical (unpaired) electrons. The Balaban J connectivity index is 2.09. The highest BCUT2D eigenvalue weighted by molar-refractivity contribution is 5.33. The van der Waals surface area contributed by atoms with Crippen molar-refractivity contribution in [2.24, 2.45) is 0 Å². The molecule has 1 N–H and O–H groups in total. The van der Waals surface area contributed by atoms with E-state index >= 15 is 0 Å². The van der Waals surface area contributed by atoms with Crippen LogP contribution in [0.5, 0.6) is 17.4 Å². The van der Waals surface area contributed by atoms with Crippen molar-refractivity contribution in [1.82, 2.24) is 10.3 Å². The van der Waals surface area contributed by atoms with Crippen molar-refractivity contribution < 1.29 is 9.47 Å². The third-order valence-electron chi connectivity index (χ3n) is 2.42. The van der Waals surface area contributed by atoms with Crippen molar-refractivity contribution in [1.29, 1.82) is 0 Å². The first-order chi connectivity index (χ1) is 8.81. The van der Waals surface area contributed by atoms with Crippen molar-refractivity contribution >= 4 is 0 Å². The molecule has 0 spiro atoms. The van der Waals surface area contributed by atoms with Gasteiger partial charge in [-0.1, -0.05) is 6.07 Å². The van der Waals surface area contributed by atoms with Gasteiger partial charge in [0, 0.05) is 12.6 Å². The van der Waals surface area contributed by atoms with E-state index in [4.69, 9.17) is 9.47 Å². The SMILES string of the molecule is CNCc1cccc(Oc2ccc(OC)cc2)n1. The minimum absolute atomic E-state index is 0.591. The average molecular weight is 244 g/mol. The summed E-state index contributed by atoms with van der Waals surface area (Å²) in [4.78, 5) is 4.38. The molecule has 0 aliphatic heterocycles. The van der Waals surface area contributed by atoms with Crippen LogP contribution >= 0.6 is 0 Å². The maximum atomic E-state index is 5.67. The number of rotatable bonds is 5. The lowest BCUT2D eigenvalue weighted by Gasteiger charge is -2.07. The predicted octanol–water partition coefficient (Wildman–Crippen LogP) is 2.60. The lowest BCUT2D eigenvalue weighted by Crippen LogP contribution is -2.06. The maximum absolute atomic E-state index is 5.67. The number of pyridine rings is 1. The Hall–Kier alpha value is -2.07. The molecule has 2 rings (SSSR count). The Morgan fingerprint density at radius 1 is 1.06 bits per heavy atom. The monoisotopic (exact) mass is 244 g/mol. The van der Waals surface area contributed by atoms with Gasteiger partial charge in [0.2, 0.25) is 5.88 Å². The van der Waals surface area contributed by atoms with Crippen LogP contribution in [0.4, 0.5) is 0 Å². The van der Waals surface area contributed by atoms with E-state index in [-0.39, 0.29) is 0 Å². The lowest BCUT2D eigenvalue weighted by molar-refractivity contribution is 0.412. The molecule has 0 aliphatic rings. The molecule has 94 valence electrons. The zero-order valence-electron chi connectivity index (χ0n) is 10.5. The van der Waals surface area contributed by atoms with Gasteiger partial charge in [0.15, 0.2) is 0 Å². The Morgan fingerprint density at radius 3 is 2.44 bits per heavy atom. The van der Waals surface area contributed by atoms with Gasteiger partial charge in [-0.25, -0.2) is 4.98 Å². The van der Waals surface area contributed by atoms with Crippen molar-refractivity contribution in [3.05, 3.63) is 48.2 Å². The summed E-state index contributed by atoms with van der Waals surface area (Å²) in [6, 6.07) is 13.1. The van der Waals surface area contributed by atoms with E-state index in [1.807, 2.05) is 49.5 Å². The molecule has 0 atom stereocenters. The summed E-state index contributed by atoms with van der Waals surface area (Å²) in [7, 11) is 3.53. The largest absolute Gasteiger partial charge is 0.497 e. The van der Waals surface area contributed by atoms with Gasteiger partial charge >= 0.3 is 0 Å². The molecule has 4 nitrogen and oxygen atoms in total. The second kappa shape index (κ2) is 6.02. The average Bonchev–Trinajstić information content (AvgIpc) is 2.40. The highest BCUT2D eigenvalue weighted by Crippen LogP contribution is 2.22. The number of nitrogens with one attached hydrogen (secondary N) is 1. The Bertz CT molecular complexity index is 497. The number of hydrogen-bond donors (Lipinski definition) is 1. The standard InChI is InChI=1S/C14H16N2O2/c1-15-10-11-4-3-5-14(16-11)18-13-8-6-12(17-2)7-9-13/h3-9,15H,10H2,1-2H3.